The molecule has 0 atom stereocenters. The Morgan fingerprint density at radius 3 is 2.67 bits per heavy atom. The Kier molecular flexibility index (Phi) is 2.86. The third kappa shape index (κ3) is 2.09. The second kappa shape index (κ2) is 4.14. The summed E-state index contributed by atoms with van der Waals surface area (Å²) in [6.45, 7) is 5.22. The zero-order chi connectivity index (χ0) is 10.8. The van der Waals surface area contributed by atoms with E-state index >= 15 is 0 Å². The number of rotatable bonds is 1. The Morgan fingerprint density at radius 2 is 2.07 bits per heavy atom. The Labute approximate surface area is 88.9 Å². The first-order valence-corrected chi connectivity index (χ1v) is 5.33. The van der Waals surface area contributed by atoms with Gasteiger partial charge in [0.05, 0.1) is 0 Å². The highest BCUT2D eigenvalue weighted by atomic mass is 16.5. The van der Waals surface area contributed by atoms with Crippen LogP contribution in [0.25, 0.3) is 0 Å². The van der Waals surface area contributed by atoms with Crippen LogP contribution in [0.15, 0.2) is 10.9 Å². The molecule has 2 rings (SSSR count). The summed E-state index contributed by atoms with van der Waals surface area (Å²) in [6, 6.07) is 1.86. The molecule has 1 aromatic rings. The van der Waals surface area contributed by atoms with Crippen LogP contribution in [0.1, 0.15) is 30.4 Å². The molecule has 0 N–H and O–H groups in total. The second-order valence-electron chi connectivity index (χ2n) is 4.00. The first-order chi connectivity index (χ1) is 7.18. The van der Waals surface area contributed by atoms with Crippen LogP contribution in [-0.4, -0.2) is 22.8 Å². The minimum Gasteiger partial charge on any atom is -0.381 e. The highest BCUT2D eigenvalue weighted by molar-refractivity contribution is 5.03. The van der Waals surface area contributed by atoms with E-state index in [-0.39, 0.29) is 11.6 Å². The summed E-state index contributed by atoms with van der Waals surface area (Å²) in [7, 11) is 0. The van der Waals surface area contributed by atoms with Crippen molar-refractivity contribution in [3.8, 4) is 0 Å². The molecule has 0 aromatic carbocycles. The van der Waals surface area contributed by atoms with Crippen molar-refractivity contribution in [3.05, 3.63) is 27.9 Å². The molecule has 4 nitrogen and oxygen atoms in total. The number of aryl methyl sites for hydroxylation is 2. The quantitative estimate of drug-likeness (QED) is 0.696. The number of hydrogen-bond donors (Lipinski definition) is 0. The molecule has 15 heavy (non-hydrogen) atoms. The van der Waals surface area contributed by atoms with Gasteiger partial charge in [0, 0.05) is 31.0 Å². The van der Waals surface area contributed by atoms with Crippen LogP contribution in [-0.2, 0) is 4.74 Å². The summed E-state index contributed by atoms with van der Waals surface area (Å²) >= 11 is 0. The molecular formula is C11H16N2O2. The minimum absolute atomic E-state index is 0.0619. The average molecular weight is 208 g/mol. The van der Waals surface area contributed by atoms with Crippen molar-refractivity contribution in [1.29, 1.82) is 0 Å². The third-order valence-electron chi connectivity index (χ3n) is 2.81. The Morgan fingerprint density at radius 1 is 1.40 bits per heavy atom. The molecule has 0 amide bonds. The van der Waals surface area contributed by atoms with E-state index in [1.807, 2.05) is 13.8 Å². The minimum atomic E-state index is 0.0619. The number of aromatic nitrogens is 2. The van der Waals surface area contributed by atoms with Gasteiger partial charge in [0.15, 0.2) is 0 Å². The van der Waals surface area contributed by atoms with E-state index in [9.17, 15) is 4.79 Å². The van der Waals surface area contributed by atoms with Crippen molar-refractivity contribution >= 4 is 0 Å². The number of ether oxygens (including phenoxy) is 1. The molecule has 1 saturated heterocycles. The maximum atomic E-state index is 11.8. The number of hydrogen-bond acceptors (Lipinski definition) is 3. The summed E-state index contributed by atoms with van der Waals surface area (Å²) in [4.78, 5) is 16.2. The fourth-order valence-electron chi connectivity index (χ4n) is 2.14. The molecule has 82 valence electrons. The third-order valence-corrected chi connectivity index (χ3v) is 2.81. The highest BCUT2D eigenvalue weighted by Crippen LogP contribution is 2.19. The lowest BCUT2D eigenvalue weighted by Gasteiger charge is -2.25. The summed E-state index contributed by atoms with van der Waals surface area (Å²) in [5.74, 6) is 0.812. The predicted octanol–water partition coefficient (Wildman–Crippen LogP) is 1.21. The smallest absolute Gasteiger partial charge is 0.253 e. The molecule has 1 aliphatic heterocycles. The first-order valence-electron chi connectivity index (χ1n) is 5.33. The summed E-state index contributed by atoms with van der Waals surface area (Å²) in [5.41, 5.74) is 0.854. The molecule has 2 heterocycles. The fraction of sp³-hybridized carbons (Fsp3) is 0.636. The van der Waals surface area contributed by atoms with Crippen molar-refractivity contribution in [2.45, 2.75) is 32.7 Å². The molecule has 0 saturated carbocycles. The van der Waals surface area contributed by atoms with Crippen molar-refractivity contribution in [1.82, 2.24) is 9.55 Å². The summed E-state index contributed by atoms with van der Waals surface area (Å²) in [6.07, 6.45) is 1.82. The van der Waals surface area contributed by atoms with Gasteiger partial charge in [-0.15, -0.1) is 0 Å². The Hall–Kier alpha value is -1.16. The van der Waals surface area contributed by atoms with E-state index in [2.05, 4.69) is 4.98 Å². The van der Waals surface area contributed by atoms with E-state index in [1.54, 1.807) is 10.6 Å². The van der Waals surface area contributed by atoms with E-state index in [1.165, 1.54) is 0 Å². The average Bonchev–Trinajstić information content (AvgIpc) is 2.17. The summed E-state index contributed by atoms with van der Waals surface area (Å²) < 4.78 is 7.09. The maximum absolute atomic E-state index is 11.8. The Bertz CT molecular complexity index is 406. The lowest BCUT2D eigenvalue weighted by molar-refractivity contribution is 0.0677. The molecule has 0 bridgehead atoms. The van der Waals surface area contributed by atoms with Crippen LogP contribution in [0.2, 0.25) is 0 Å². The van der Waals surface area contributed by atoms with E-state index < -0.39 is 0 Å². The van der Waals surface area contributed by atoms with E-state index in [0.717, 1.165) is 37.6 Å². The van der Waals surface area contributed by atoms with Crippen molar-refractivity contribution < 1.29 is 4.74 Å². The molecular weight excluding hydrogens is 192 g/mol. The van der Waals surface area contributed by atoms with Gasteiger partial charge in [-0.2, -0.15) is 0 Å². The topological polar surface area (TPSA) is 44.1 Å². The van der Waals surface area contributed by atoms with Gasteiger partial charge in [0.1, 0.15) is 5.82 Å². The van der Waals surface area contributed by atoms with Gasteiger partial charge in [0.2, 0.25) is 0 Å². The maximum Gasteiger partial charge on any atom is 0.253 e. The van der Waals surface area contributed by atoms with Crippen LogP contribution in [0.5, 0.6) is 0 Å². The summed E-state index contributed by atoms with van der Waals surface area (Å²) in [5, 5.41) is 0. The number of nitrogens with zero attached hydrogens (tertiary/aromatic N) is 2. The van der Waals surface area contributed by atoms with Crippen molar-refractivity contribution in [2.24, 2.45) is 0 Å². The fourth-order valence-corrected chi connectivity index (χ4v) is 2.14. The van der Waals surface area contributed by atoms with Gasteiger partial charge in [-0.3, -0.25) is 9.36 Å². The van der Waals surface area contributed by atoms with Gasteiger partial charge < -0.3 is 4.74 Å². The normalized spacial score (nSPS) is 18.0. The van der Waals surface area contributed by atoms with Crippen molar-refractivity contribution in [3.63, 3.8) is 0 Å². The van der Waals surface area contributed by atoms with E-state index in [0.29, 0.717) is 0 Å². The van der Waals surface area contributed by atoms with Crippen molar-refractivity contribution in [2.75, 3.05) is 13.2 Å². The van der Waals surface area contributed by atoms with Crippen LogP contribution in [0.3, 0.4) is 0 Å². The van der Waals surface area contributed by atoms with Gasteiger partial charge in [-0.25, -0.2) is 4.98 Å². The monoisotopic (exact) mass is 208 g/mol. The predicted molar refractivity (Wildman–Crippen MR) is 57.1 cm³/mol. The van der Waals surface area contributed by atoms with Crippen LogP contribution < -0.4 is 5.56 Å². The molecule has 1 aromatic heterocycles. The SMILES string of the molecule is Cc1cc(=O)n(C2CCOCC2)c(C)n1. The zero-order valence-corrected chi connectivity index (χ0v) is 9.19. The van der Waals surface area contributed by atoms with Crippen LogP contribution in [0.4, 0.5) is 0 Å². The molecule has 0 spiro atoms. The molecule has 0 radical (unpaired) electrons. The molecule has 4 heteroatoms. The lowest BCUT2D eigenvalue weighted by atomic mass is 10.1. The largest absolute Gasteiger partial charge is 0.381 e. The Balaban J connectivity index is 2.38. The second-order valence-corrected chi connectivity index (χ2v) is 4.00. The van der Waals surface area contributed by atoms with Gasteiger partial charge in [-0.05, 0) is 26.7 Å². The lowest BCUT2D eigenvalue weighted by Crippen LogP contribution is -2.31. The first kappa shape index (κ1) is 10.4. The molecule has 1 aliphatic rings. The van der Waals surface area contributed by atoms with Gasteiger partial charge in [-0.1, -0.05) is 0 Å². The van der Waals surface area contributed by atoms with Crippen LogP contribution in [0, 0.1) is 13.8 Å². The van der Waals surface area contributed by atoms with Gasteiger partial charge >= 0.3 is 0 Å². The molecule has 1 fully saturated rings. The standard InChI is InChI=1S/C11H16N2O2/c1-8-7-11(14)13(9(2)12-8)10-3-5-15-6-4-10/h7,10H,3-6H2,1-2H3. The molecule has 0 unspecified atom stereocenters. The zero-order valence-electron chi connectivity index (χ0n) is 9.19. The van der Waals surface area contributed by atoms with Gasteiger partial charge in [0.25, 0.3) is 5.56 Å². The van der Waals surface area contributed by atoms with Crippen LogP contribution >= 0.6 is 0 Å². The molecule has 0 aliphatic carbocycles. The highest BCUT2D eigenvalue weighted by Gasteiger charge is 2.18. The van der Waals surface area contributed by atoms with E-state index in [4.69, 9.17) is 4.74 Å².